The van der Waals surface area contributed by atoms with Crippen LogP contribution in [0.25, 0.3) is 10.8 Å². The van der Waals surface area contributed by atoms with Gasteiger partial charge in [0.25, 0.3) is 0 Å². The Hall–Kier alpha value is -1.52. The molecule has 0 saturated carbocycles. The molecule has 2 fully saturated rings. The summed E-state index contributed by atoms with van der Waals surface area (Å²) in [5.41, 5.74) is 1.16. The van der Waals surface area contributed by atoms with Crippen molar-refractivity contribution in [3.8, 4) is 0 Å². The maximum Gasteiger partial charge on any atom is 0.227 e. The van der Waals surface area contributed by atoms with E-state index in [0.29, 0.717) is 18.4 Å². The largest absolute Gasteiger partial charge is 0.337 e. The number of hydrogen-bond donors (Lipinski definition) is 0. The van der Waals surface area contributed by atoms with Crippen molar-refractivity contribution in [2.24, 2.45) is 0 Å². The first-order valence-corrected chi connectivity index (χ1v) is 11.0. The van der Waals surface area contributed by atoms with Crippen LogP contribution < -0.4 is 0 Å². The molecular weight excluding hydrogens is 340 g/mol. The van der Waals surface area contributed by atoms with Gasteiger partial charge in [-0.1, -0.05) is 42.5 Å². The number of carbonyl (C=O) groups excluding carboxylic acids is 1. The molecule has 4 heteroatoms. The van der Waals surface area contributed by atoms with E-state index in [1.165, 1.54) is 42.5 Å². The summed E-state index contributed by atoms with van der Waals surface area (Å²) in [7, 11) is 0. The van der Waals surface area contributed by atoms with Crippen molar-refractivity contribution in [1.29, 1.82) is 0 Å². The maximum absolute atomic E-state index is 13.2. The van der Waals surface area contributed by atoms with Crippen LogP contribution in [0.3, 0.4) is 0 Å². The summed E-state index contributed by atoms with van der Waals surface area (Å²) in [5.74, 6) is 2.56. The predicted octanol–water partition coefficient (Wildman–Crippen LogP) is 3.81. The molecule has 0 aromatic heterocycles. The van der Waals surface area contributed by atoms with Gasteiger partial charge in [0.2, 0.25) is 5.91 Å². The Morgan fingerprint density at radius 2 is 1.81 bits per heavy atom. The van der Waals surface area contributed by atoms with Gasteiger partial charge in [-0.2, -0.15) is 11.8 Å². The molecular formula is C22H28N2OS. The lowest BCUT2D eigenvalue weighted by atomic mass is 10.0. The molecule has 1 atom stereocenters. The number of thioether (sulfide) groups is 1. The van der Waals surface area contributed by atoms with Crippen molar-refractivity contribution in [2.75, 3.05) is 37.7 Å². The molecule has 0 bridgehead atoms. The smallest absolute Gasteiger partial charge is 0.227 e. The SMILES string of the molecule is O=C(Cc1cccc2ccccc12)N1CCCSC[C@@H]1CN1CCCC1. The number of carbonyl (C=O) groups is 1. The van der Waals surface area contributed by atoms with E-state index in [2.05, 4.69) is 52.3 Å². The second-order valence-corrected chi connectivity index (χ2v) is 8.64. The molecule has 26 heavy (non-hydrogen) atoms. The van der Waals surface area contributed by atoms with Crippen LogP contribution in [-0.4, -0.2) is 59.4 Å². The van der Waals surface area contributed by atoms with Crippen molar-refractivity contribution >= 4 is 28.4 Å². The van der Waals surface area contributed by atoms with Gasteiger partial charge in [0.1, 0.15) is 0 Å². The van der Waals surface area contributed by atoms with Crippen LogP contribution in [0.5, 0.6) is 0 Å². The lowest BCUT2D eigenvalue weighted by molar-refractivity contribution is -0.132. The van der Waals surface area contributed by atoms with Crippen molar-refractivity contribution in [3.63, 3.8) is 0 Å². The van der Waals surface area contributed by atoms with Crippen molar-refractivity contribution in [3.05, 3.63) is 48.0 Å². The Morgan fingerprint density at radius 3 is 2.69 bits per heavy atom. The lowest BCUT2D eigenvalue weighted by Crippen LogP contribution is -2.48. The van der Waals surface area contributed by atoms with Gasteiger partial charge >= 0.3 is 0 Å². The molecule has 0 radical (unpaired) electrons. The summed E-state index contributed by atoms with van der Waals surface area (Å²) in [4.78, 5) is 18.0. The fourth-order valence-electron chi connectivity index (χ4n) is 4.28. The van der Waals surface area contributed by atoms with E-state index in [0.717, 1.165) is 30.8 Å². The third-order valence-electron chi connectivity index (χ3n) is 5.65. The molecule has 2 heterocycles. The summed E-state index contributed by atoms with van der Waals surface area (Å²) in [5, 5.41) is 2.43. The predicted molar refractivity (Wildman–Crippen MR) is 111 cm³/mol. The van der Waals surface area contributed by atoms with Crippen LogP contribution in [0.4, 0.5) is 0 Å². The maximum atomic E-state index is 13.2. The van der Waals surface area contributed by atoms with Gasteiger partial charge in [-0.15, -0.1) is 0 Å². The molecule has 2 aliphatic heterocycles. The van der Waals surface area contributed by atoms with E-state index < -0.39 is 0 Å². The Labute approximate surface area is 160 Å². The first kappa shape index (κ1) is 17.9. The molecule has 138 valence electrons. The zero-order valence-electron chi connectivity index (χ0n) is 15.4. The normalized spacial score (nSPS) is 21.8. The molecule has 1 amide bonds. The number of likely N-dealkylation sites (tertiary alicyclic amines) is 1. The number of rotatable bonds is 4. The van der Waals surface area contributed by atoms with Crippen LogP contribution in [0.2, 0.25) is 0 Å². The standard InChI is InChI=1S/C22H28N2OS/c25-22(15-19-9-5-8-18-7-1-2-10-21(18)19)24-13-6-14-26-17-20(24)16-23-11-3-4-12-23/h1-2,5,7-10,20H,3-4,6,11-17H2/t20-/m0/s1. The fourth-order valence-corrected chi connectivity index (χ4v) is 5.34. The molecule has 2 aliphatic rings. The number of benzene rings is 2. The van der Waals surface area contributed by atoms with E-state index in [-0.39, 0.29) is 0 Å². The highest BCUT2D eigenvalue weighted by atomic mass is 32.2. The monoisotopic (exact) mass is 368 g/mol. The van der Waals surface area contributed by atoms with E-state index in [1.54, 1.807) is 0 Å². The Morgan fingerprint density at radius 1 is 1.00 bits per heavy atom. The number of fused-ring (bicyclic) bond motifs is 1. The summed E-state index contributed by atoms with van der Waals surface area (Å²) in [6, 6.07) is 15.1. The molecule has 0 N–H and O–H groups in total. The Kier molecular flexibility index (Phi) is 5.81. The quantitative estimate of drug-likeness (QED) is 0.820. The minimum Gasteiger partial charge on any atom is -0.337 e. The molecule has 2 saturated heterocycles. The second kappa shape index (κ2) is 8.45. The first-order valence-electron chi connectivity index (χ1n) is 9.87. The highest BCUT2D eigenvalue weighted by Crippen LogP contribution is 2.23. The zero-order valence-corrected chi connectivity index (χ0v) is 16.2. The van der Waals surface area contributed by atoms with E-state index in [1.807, 2.05) is 11.8 Å². The number of amides is 1. The summed E-state index contributed by atoms with van der Waals surface area (Å²) in [6.45, 7) is 4.36. The van der Waals surface area contributed by atoms with Crippen LogP contribution in [0, 0.1) is 0 Å². The molecule has 0 aliphatic carbocycles. The second-order valence-electron chi connectivity index (χ2n) is 7.49. The van der Waals surface area contributed by atoms with Crippen molar-refractivity contribution in [2.45, 2.75) is 31.7 Å². The van der Waals surface area contributed by atoms with Gasteiger partial charge in [-0.3, -0.25) is 4.79 Å². The molecule has 0 unspecified atom stereocenters. The Balaban J connectivity index is 1.51. The van der Waals surface area contributed by atoms with Crippen molar-refractivity contribution < 1.29 is 4.79 Å². The summed E-state index contributed by atoms with van der Waals surface area (Å²) < 4.78 is 0. The topological polar surface area (TPSA) is 23.6 Å². The van der Waals surface area contributed by atoms with Crippen LogP contribution in [0.1, 0.15) is 24.8 Å². The van der Waals surface area contributed by atoms with E-state index in [9.17, 15) is 4.79 Å². The minimum absolute atomic E-state index is 0.299. The highest BCUT2D eigenvalue weighted by molar-refractivity contribution is 7.99. The highest BCUT2D eigenvalue weighted by Gasteiger charge is 2.28. The van der Waals surface area contributed by atoms with Gasteiger partial charge in [0.05, 0.1) is 12.5 Å². The Bertz CT molecular complexity index is 751. The average Bonchev–Trinajstić information content (AvgIpc) is 3.06. The van der Waals surface area contributed by atoms with Gasteiger partial charge in [-0.05, 0) is 54.4 Å². The fraction of sp³-hybridized carbons (Fsp3) is 0.500. The van der Waals surface area contributed by atoms with E-state index >= 15 is 0 Å². The van der Waals surface area contributed by atoms with Gasteiger partial charge in [-0.25, -0.2) is 0 Å². The zero-order chi connectivity index (χ0) is 17.8. The van der Waals surface area contributed by atoms with E-state index in [4.69, 9.17) is 0 Å². The molecule has 0 spiro atoms. The van der Waals surface area contributed by atoms with Gasteiger partial charge in [0, 0.05) is 18.8 Å². The van der Waals surface area contributed by atoms with Gasteiger partial charge < -0.3 is 9.80 Å². The molecule has 4 rings (SSSR count). The lowest BCUT2D eigenvalue weighted by Gasteiger charge is -2.33. The number of nitrogens with zero attached hydrogens (tertiary/aromatic N) is 2. The number of hydrogen-bond acceptors (Lipinski definition) is 3. The first-order chi connectivity index (χ1) is 12.8. The summed E-state index contributed by atoms with van der Waals surface area (Å²) in [6.07, 6.45) is 4.25. The third kappa shape index (κ3) is 4.07. The third-order valence-corrected chi connectivity index (χ3v) is 6.85. The van der Waals surface area contributed by atoms with Crippen LogP contribution >= 0.6 is 11.8 Å². The minimum atomic E-state index is 0.299. The molecule has 2 aromatic rings. The van der Waals surface area contributed by atoms with Gasteiger partial charge in [0.15, 0.2) is 0 Å². The summed E-state index contributed by atoms with van der Waals surface area (Å²) >= 11 is 2.02. The van der Waals surface area contributed by atoms with Crippen molar-refractivity contribution in [1.82, 2.24) is 9.80 Å². The average molecular weight is 369 g/mol. The van der Waals surface area contributed by atoms with Crippen LogP contribution in [-0.2, 0) is 11.2 Å². The van der Waals surface area contributed by atoms with Crippen LogP contribution in [0.15, 0.2) is 42.5 Å². The molecule has 3 nitrogen and oxygen atoms in total. The molecule has 2 aromatic carbocycles.